The van der Waals surface area contributed by atoms with E-state index >= 15 is 0 Å². The second-order valence-corrected chi connectivity index (χ2v) is 4.39. The van der Waals surface area contributed by atoms with Crippen molar-refractivity contribution in [1.29, 1.82) is 0 Å². The van der Waals surface area contributed by atoms with Crippen LogP contribution in [0, 0.1) is 10.1 Å². The predicted molar refractivity (Wildman–Crippen MR) is 74.3 cm³/mol. The van der Waals surface area contributed by atoms with Crippen molar-refractivity contribution in [2.45, 2.75) is 6.61 Å². The molecule has 0 N–H and O–H groups in total. The number of halogens is 1. The summed E-state index contributed by atoms with van der Waals surface area (Å²) < 4.78 is 5.46. The van der Waals surface area contributed by atoms with Crippen LogP contribution in [0.4, 0.5) is 5.69 Å². The summed E-state index contributed by atoms with van der Waals surface area (Å²) in [6, 6.07) is 10.9. The number of rotatable bonds is 5. The Morgan fingerprint density at radius 2 is 2.00 bits per heavy atom. The molecule has 0 aliphatic carbocycles. The number of benzene rings is 2. The quantitative estimate of drug-likeness (QED) is 0.479. The number of carbonyl (C=O) groups is 1. The van der Waals surface area contributed by atoms with Gasteiger partial charge in [0.2, 0.25) is 0 Å². The summed E-state index contributed by atoms with van der Waals surface area (Å²) in [6.45, 7) is 0.0251. The van der Waals surface area contributed by atoms with Crippen molar-refractivity contribution in [2.75, 3.05) is 0 Å². The number of aldehydes is 1. The zero-order valence-corrected chi connectivity index (χ0v) is 11.0. The summed E-state index contributed by atoms with van der Waals surface area (Å²) in [5.41, 5.74) is 0.884. The summed E-state index contributed by atoms with van der Waals surface area (Å²) in [6.07, 6.45) is 0.678. The van der Waals surface area contributed by atoms with E-state index in [1.54, 1.807) is 30.3 Å². The lowest BCUT2D eigenvalue weighted by Crippen LogP contribution is -2.00. The average Bonchev–Trinajstić information content (AvgIpc) is 2.46. The van der Waals surface area contributed by atoms with Crippen LogP contribution in [0.2, 0.25) is 5.02 Å². The Hall–Kier alpha value is -2.40. The standard InChI is InChI=1S/C14H10ClNO4/c15-12-7-10(8-17)5-6-14(12)20-9-11-3-1-2-4-13(11)16(18)19/h1-8H,9H2. The summed E-state index contributed by atoms with van der Waals surface area (Å²) in [7, 11) is 0. The summed E-state index contributed by atoms with van der Waals surface area (Å²) in [4.78, 5) is 21.0. The molecule has 0 heterocycles. The number of nitro groups is 1. The second kappa shape index (κ2) is 6.16. The van der Waals surface area contributed by atoms with Crippen LogP contribution in [0.15, 0.2) is 42.5 Å². The molecule has 0 spiro atoms. The van der Waals surface area contributed by atoms with Crippen molar-refractivity contribution in [2.24, 2.45) is 0 Å². The van der Waals surface area contributed by atoms with Gasteiger partial charge >= 0.3 is 0 Å². The van der Waals surface area contributed by atoms with E-state index in [9.17, 15) is 14.9 Å². The fourth-order valence-electron chi connectivity index (χ4n) is 1.67. The van der Waals surface area contributed by atoms with E-state index < -0.39 is 4.92 Å². The van der Waals surface area contributed by atoms with E-state index in [2.05, 4.69) is 0 Å². The Labute approximate surface area is 119 Å². The van der Waals surface area contributed by atoms with Gasteiger partial charge in [-0.2, -0.15) is 0 Å². The number of nitrogens with zero attached hydrogens (tertiary/aromatic N) is 1. The minimum atomic E-state index is -0.463. The highest BCUT2D eigenvalue weighted by Crippen LogP contribution is 2.27. The first-order chi connectivity index (χ1) is 9.61. The van der Waals surface area contributed by atoms with Gasteiger partial charge in [0.1, 0.15) is 18.6 Å². The van der Waals surface area contributed by atoms with Crippen molar-refractivity contribution in [3.05, 3.63) is 68.7 Å². The van der Waals surface area contributed by atoms with Gasteiger partial charge in [-0.05, 0) is 24.3 Å². The highest BCUT2D eigenvalue weighted by Gasteiger charge is 2.13. The molecular weight excluding hydrogens is 282 g/mol. The molecule has 102 valence electrons. The smallest absolute Gasteiger partial charge is 0.276 e. The van der Waals surface area contributed by atoms with E-state index in [0.717, 1.165) is 0 Å². The molecule has 2 aromatic carbocycles. The number of hydrogen-bond donors (Lipinski definition) is 0. The maximum atomic E-state index is 10.9. The first-order valence-corrected chi connectivity index (χ1v) is 6.09. The summed E-state index contributed by atoms with van der Waals surface area (Å²) >= 11 is 5.96. The molecule has 0 unspecified atom stereocenters. The first kappa shape index (κ1) is 14.0. The molecule has 6 heteroatoms. The lowest BCUT2D eigenvalue weighted by atomic mass is 10.2. The molecule has 2 rings (SSSR count). The van der Waals surface area contributed by atoms with Gasteiger partial charge < -0.3 is 4.74 Å². The van der Waals surface area contributed by atoms with E-state index in [0.29, 0.717) is 23.2 Å². The highest BCUT2D eigenvalue weighted by molar-refractivity contribution is 6.32. The number of nitro benzene ring substituents is 1. The predicted octanol–water partition coefficient (Wildman–Crippen LogP) is 3.64. The van der Waals surface area contributed by atoms with Gasteiger partial charge in [0, 0.05) is 11.6 Å². The van der Waals surface area contributed by atoms with Crippen LogP contribution in [-0.2, 0) is 6.61 Å². The van der Waals surface area contributed by atoms with Crippen LogP contribution < -0.4 is 4.74 Å². The molecule has 0 saturated heterocycles. The van der Waals surface area contributed by atoms with Gasteiger partial charge in [0.05, 0.1) is 15.5 Å². The van der Waals surface area contributed by atoms with Crippen molar-refractivity contribution >= 4 is 23.6 Å². The second-order valence-electron chi connectivity index (χ2n) is 3.98. The zero-order valence-electron chi connectivity index (χ0n) is 10.3. The van der Waals surface area contributed by atoms with E-state index in [1.807, 2.05) is 0 Å². The van der Waals surface area contributed by atoms with Gasteiger partial charge in [-0.15, -0.1) is 0 Å². The molecule has 0 aromatic heterocycles. The lowest BCUT2D eigenvalue weighted by Gasteiger charge is -2.08. The molecule has 0 aliphatic heterocycles. The number of carbonyl (C=O) groups excluding carboxylic acids is 1. The molecule has 20 heavy (non-hydrogen) atoms. The van der Waals surface area contributed by atoms with E-state index in [4.69, 9.17) is 16.3 Å². The Morgan fingerprint density at radius 3 is 2.65 bits per heavy atom. The van der Waals surface area contributed by atoms with Gasteiger partial charge in [-0.1, -0.05) is 23.7 Å². The highest BCUT2D eigenvalue weighted by atomic mass is 35.5. The van der Waals surface area contributed by atoms with Crippen LogP contribution >= 0.6 is 11.6 Å². The Morgan fingerprint density at radius 1 is 1.25 bits per heavy atom. The Balaban J connectivity index is 2.17. The normalized spacial score (nSPS) is 10.1. The zero-order chi connectivity index (χ0) is 14.5. The summed E-state index contributed by atoms with van der Waals surface area (Å²) in [5.74, 6) is 0.371. The Kier molecular flexibility index (Phi) is 4.32. The van der Waals surface area contributed by atoms with Crippen molar-refractivity contribution in [3.63, 3.8) is 0 Å². The van der Waals surface area contributed by atoms with E-state index in [1.165, 1.54) is 12.1 Å². The molecule has 0 atom stereocenters. The lowest BCUT2D eigenvalue weighted by molar-refractivity contribution is -0.385. The molecule has 0 fully saturated rings. The molecule has 0 radical (unpaired) electrons. The number of ether oxygens (including phenoxy) is 1. The van der Waals surface area contributed by atoms with Gasteiger partial charge in [0.25, 0.3) is 5.69 Å². The van der Waals surface area contributed by atoms with Gasteiger partial charge in [0.15, 0.2) is 0 Å². The molecular formula is C14H10ClNO4. The molecule has 0 bridgehead atoms. The SMILES string of the molecule is O=Cc1ccc(OCc2ccccc2[N+](=O)[O-])c(Cl)c1. The van der Waals surface area contributed by atoms with Crippen molar-refractivity contribution < 1.29 is 14.5 Å². The Bertz CT molecular complexity index is 657. The fourth-order valence-corrected chi connectivity index (χ4v) is 1.92. The van der Waals surface area contributed by atoms with E-state index in [-0.39, 0.29) is 17.3 Å². The van der Waals surface area contributed by atoms with Gasteiger partial charge in [-0.25, -0.2) is 0 Å². The fraction of sp³-hybridized carbons (Fsp3) is 0.0714. The average molecular weight is 292 g/mol. The largest absolute Gasteiger partial charge is 0.487 e. The molecule has 0 saturated carbocycles. The summed E-state index contributed by atoms with van der Waals surface area (Å²) in [5, 5.41) is 11.2. The molecule has 2 aromatic rings. The molecule has 0 amide bonds. The maximum Gasteiger partial charge on any atom is 0.276 e. The van der Waals surface area contributed by atoms with Gasteiger partial charge in [-0.3, -0.25) is 14.9 Å². The third-order valence-electron chi connectivity index (χ3n) is 2.66. The molecule has 0 aliphatic rings. The number of para-hydroxylation sites is 1. The topological polar surface area (TPSA) is 69.4 Å². The monoisotopic (exact) mass is 291 g/mol. The molecule has 5 nitrogen and oxygen atoms in total. The minimum Gasteiger partial charge on any atom is -0.487 e. The maximum absolute atomic E-state index is 10.9. The van der Waals surface area contributed by atoms with Crippen LogP contribution in [0.5, 0.6) is 5.75 Å². The van der Waals surface area contributed by atoms with Crippen LogP contribution in [0.25, 0.3) is 0 Å². The van der Waals surface area contributed by atoms with Crippen LogP contribution in [0.1, 0.15) is 15.9 Å². The first-order valence-electron chi connectivity index (χ1n) is 5.71. The third kappa shape index (κ3) is 3.13. The number of hydrogen-bond acceptors (Lipinski definition) is 4. The minimum absolute atomic E-state index is 0.00636. The van der Waals surface area contributed by atoms with Crippen molar-refractivity contribution in [1.82, 2.24) is 0 Å². The van der Waals surface area contributed by atoms with Crippen molar-refractivity contribution in [3.8, 4) is 5.75 Å². The van der Waals surface area contributed by atoms with Crippen LogP contribution in [-0.4, -0.2) is 11.2 Å². The van der Waals surface area contributed by atoms with Crippen LogP contribution in [0.3, 0.4) is 0 Å². The third-order valence-corrected chi connectivity index (χ3v) is 2.96.